The quantitative estimate of drug-likeness (QED) is 0.787. The van der Waals surface area contributed by atoms with E-state index >= 15 is 0 Å². The summed E-state index contributed by atoms with van der Waals surface area (Å²) in [4.78, 5) is 26.8. The molecule has 1 atom stereocenters. The van der Waals surface area contributed by atoms with Gasteiger partial charge in [-0.3, -0.25) is 4.79 Å². The van der Waals surface area contributed by atoms with Crippen LogP contribution in [0.15, 0.2) is 0 Å². The largest absolute Gasteiger partial charge is 0.480 e. The van der Waals surface area contributed by atoms with Crippen molar-refractivity contribution in [2.45, 2.75) is 38.1 Å². The molecule has 2 aliphatic rings. The second-order valence-electron chi connectivity index (χ2n) is 5.58. The number of urea groups is 1. The Balaban J connectivity index is 2.00. The number of carbonyl (C=O) groups is 2. The van der Waals surface area contributed by atoms with Crippen molar-refractivity contribution in [3.63, 3.8) is 0 Å². The Labute approximate surface area is 113 Å². The molecule has 1 unspecified atom stereocenters. The van der Waals surface area contributed by atoms with Gasteiger partial charge in [-0.1, -0.05) is 12.8 Å². The molecule has 2 rings (SSSR count). The molecule has 1 saturated carbocycles. The predicted octanol–water partition coefficient (Wildman–Crippen LogP) is 0.716. The molecule has 0 bridgehead atoms. The van der Waals surface area contributed by atoms with Gasteiger partial charge in [0.25, 0.3) is 0 Å². The zero-order valence-corrected chi connectivity index (χ0v) is 11.3. The number of nitrogens with two attached hydrogens (primary N) is 1. The van der Waals surface area contributed by atoms with Gasteiger partial charge in [0.1, 0.15) is 6.54 Å². The predicted molar refractivity (Wildman–Crippen MR) is 70.7 cm³/mol. The Morgan fingerprint density at radius 1 is 1.26 bits per heavy atom. The lowest BCUT2D eigenvalue weighted by Crippen LogP contribution is -2.49. The van der Waals surface area contributed by atoms with Crippen LogP contribution in [0.5, 0.6) is 0 Å². The van der Waals surface area contributed by atoms with Crippen molar-refractivity contribution in [2.24, 2.45) is 11.7 Å². The van der Waals surface area contributed by atoms with Gasteiger partial charge < -0.3 is 20.6 Å². The van der Waals surface area contributed by atoms with E-state index in [1.54, 1.807) is 9.80 Å². The van der Waals surface area contributed by atoms with Crippen molar-refractivity contribution < 1.29 is 14.7 Å². The molecule has 0 aromatic carbocycles. The molecule has 0 aromatic rings. The summed E-state index contributed by atoms with van der Waals surface area (Å²) in [5.74, 6) is -0.575. The third-order valence-corrected chi connectivity index (χ3v) is 4.21. The minimum absolute atomic E-state index is 0.0977. The van der Waals surface area contributed by atoms with Crippen LogP contribution in [0.25, 0.3) is 0 Å². The second kappa shape index (κ2) is 6.23. The first-order valence-electron chi connectivity index (χ1n) is 7.09. The van der Waals surface area contributed by atoms with E-state index in [2.05, 4.69) is 0 Å². The zero-order valence-electron chi connectivity index (χ0n) is 11.3. The first-order valence-corrected chi connectivity index (χ1v) is 7.09. The average Bonchev–Trinajstić information content (AvgIpc) is 3.05. The van der Waals surface area contributed by atoms with Crippen molar-refractivity contribution >= 4 is 12.0 Å². The molecule has 1 heterocycles. The monoisotopic (exact) mass is 269 g/mol. The van der Waals surface area contributed by atoms with Crippen LogP contribution < -0.4 is 5.73 Å². The first kappa shape index (κ1) is 14.1. The number of carbonyl (C=O) groups excluding carboxylic acids is 1. The van der Waals surface area contributed by atoms with Gasteiger partial charge >= 0.3 is 12.0 Å². The molecular formula is C13H23N3O3. The zero-order chi connectivity index (χ0) is 13.8. The highest BCUT2D eigenvalue weighted by Crippen LogP contribution is 2.26. The number of likely N-dealkylation sites (tertiary alicyclic amines) is 1. The lowest BCUT2D eigenvalue weighted by atomic mass is 10.1. The second-order valence-corrected chi connectivity index (χ2v) is 5.58. The summed E-state index contributed by atoms with van der Waals surface area (Å²) in [7, 11) is 0. The summed E-state index contributed by atoms with van der Waals surface area (Å²) in [6.45, 7) is 1.77. The lowest BCUT2D eigenvalue weighted by Gasteiger charge is -2.31. The fraction of sp³-hybridized carbons (Fsp3) is 0.846. The summed E-state index contributed by atoms with van der Waals surface area (Å²) < 4.78 is 0. The van der Waals surface area contributed by atoms with Gasteiger partial charge in [0.05, 0.1) is 0 Å². The molecule has 6 nitrogen and oxygen atoms in total. The highest BCUT2D eigenvalue weighted by atomic mass is 16.4. The Morgan fingerprint density at radius 3 is 2.47 bits per heavy atom. The van der Waals surface area contributed by atoms with Crippen LogP contribution in [0.1, 0.15) is 32.1 Å². The fourth-order valence-corrected chi connectivity index (χ4v) is 3.10. The normalized spacial score (nSPS) is 23.8. The van der Waals surface area contributed by atoms with Gasteiger partial charge in [-0.15, -0.1) is 0 Å². The molecule has 1 aliphatic heterocycles. The molecule has 0 aromatic heterocycles. The van der Waals surface area contributed by atoms with Crippen molar-refractivity contribution in [3.05, 3.63) is 0 Å². The van der Waals surface area contributed by atoms with E-state index in [1.165, 1.54) is 0 Å². The Morgan fingerprint density at radius 2 is 1.95 bits per heavy atom. The summed E-state index contributed by atoms with van der Waals surface area (Å²) >= 11 is 0. The van der Waals surface area contributed by atoms with Gasteiger partial charge in [0.2, 0.25) is 0 Å². The van der Waals surface area contributed by atoms with Gasteiger partial charge in [0, 0.05) is 19.1 Å². The van der Waals surface area contributed by atoms with Crippen LogP contribution in [-0.2, 0) is 4.79 Å². The van der Waals surface area contributed by atoms with Crippen molar-refractivity contribution in [1.82, 2.24) is 9.80 Å². The van der Waals surface area contributed by atoms with E-state index < -0.39 is 5.97 Å². The Bertz CT molecular complexity index is 342. The molecule has 1 aliphatic carbocycles. The van der Waals surface area contributed by atoms with Gasteiger partial charge in [-0.25, -0.2) is 4.79 Å². The van der Waals surface area contributed by atoms with Crippen LogP contribution in [0.2, 0.25) is 0 Å². The van der Waals surface area contributed by atoms with E-state index in [0.29, 0.717) is 25.6 Å². The Kier molecular flexibility index (Phi) is 4.63. The third kappa shape index (κ3) is 3.37. The number of hydrogen-bond acceptors (Lipinski definition) is 3. The van der Waals surface area contributed by atoms with Gasteiger partial charge in [0.15, 0.2) is 0 Å². The van der Waals surface area contributed by atoms with Gasteiger partial charge in [-0.2, -0.15) is 0 Å². The van der Waals surface area contributed by atoms with E-state index in [0.717, 1.165) is 32.1 Å². The van der Waals surface area contributed by atoms with Gasteiger partial charge in [-0.05, 0) is 31.7 Å². The van der Waals surface area contributed by atoms with Crippen LogP contribution in [-0.4, -0.2) is 59.1 Å². The summed E-state index contributed by atoms with van der Waals surface area (Å²) in [6.07, 6.45) is 4.94. The molecule has 2 fully saturated rings. The van der Waals surface area contributed by atoms with Crippen LogP contribution in [0, 0.1) is 5.92 Å². The lowest BCUT2D eigenvalue weighted by molar-refractivity contribution is -0.138. The minimum atomic E-state index is -0.935. The highest BCUT2D eigenvalue weighted by Gasteiger charge is 2.34. The molecule has 1 saturated heterocycles. The van der Waals surface area contributed by atoms with Crippen molar-refractivity contribution in [1.29, 1.82) is 0 Å². The number of amides is 2. The summed E-state index contributed by atoms with van der Waals surface area (Å²) in [5, 5.41) is 9.00. The van der Waals surface area contributed by atoms with Crippen LogP contribution >= 0.6 is 0 Å². The van der Waals surface area contributed by atoms with Crippen LogP contribution in [0.4, 0.5) is 4.79 Å². The van der Waals surface area contributed by atoms with E-state index in [1.807, 2.05) is 0 Å². The molecule has 6 heteroatoms. The molecule has 0 spiro atoms. The molecular weight excluding hydrogens is 246 g/mol. The standard InChI is InChI=1S/C13H23N3O3/c14-7-10-5-6-15(8-10)13(19)16(9-12(17)18)11-3-1-2-4-11/h10-11H,1-9,14H2,(H,17,18). The smallest absolute Gasteiger partial charge is 0.323 e. The van der Waals surface area contributed by atoms with Crippen molar-refractivity contribution in [2.75, 3.05) is 26.2 Å². The molecule has 2 amide bonds. The molecule has 108 valence electrons. The fourth-order valence-electron chi connectivity index (χ4n) is 3.10. The van der Waals surface area contributed by atoms with Crippen LogP contribution in [0.3, 0.4) is 0 Å². The number of nitrogens with zero attached hydrogens (tertiary/aromatic N) is 2. The molecule has 3 N–H and O–H groups in total. The maximum atomic E-state index is 12.5. The maximum absolute atomic E-state index is 12.5. The topological polar surface area (TPSA) is 86.9 Å². The number of carboxylic acids is 1. The summed E-state index contributed by atoms with van der Waals surface area (Å²) in [5.41, 5.74) is 5.63. The number of rotatable bonds is 4. The SMILES string of the molecule is NCC1CCN(C(=O)N(CC(=O)O)C2CCCC2)C1. The molecule has 0 radical (unpaired) electrons. The maximum Gasteiger partial charge on any atom is 0.323 e. The number of aliphatic carboxylic acids is 1. The average molecular weight is 269 g/mol. The van der Waals surface area contributed by atoms with E-state index in [-0.39, 0.29) is 18.6 Å². The third-order valence-electron chi connectivity index (χ3n) is 4.21. The summed E-state index contributed by atoms with van der Waals surface area (Å²) in [6, 6.07) is -0.0224. The molecule has 19 heavy (non-hydrogen) atoms. The Hall–Kier alpha value is -1.30. The van der Waals surface area contributed by atoms with Crippen molar-refractivity contribution in [3.8, 4) is 0 Å². The number of hydrogen-bond donors (Lipinski definition) is 2. The number of carboxylic acid groups (broad SMARTS) is 1. The first-order chi connectivity index (χ1) is 9.11. The van der Waals surface area contributed by atoms with E-state index in [4.69, 9.17) is 10.8 Å². The highest BCUT2D eigenvalue weighted by molar-refractivity contribution is 5.80. The van der Waals surface area contributed by atoms with E-state index in [9.17, 15) is 9.59 Å². The minimum Gasteiger partial charge on any atom is -0.480 e.